The quantitative estimate of drug-likeness (QED) is 0.234. The highest BCUT2D eigenvalue weighted by atomic mass is 28.5. The van der Waals surface area contributed by atoms with Crippen molar-refractivity contribution >= 4 is 48.4 Å². The van der Waals surface area contributed by atoms with Gasteiger partial charge in [-0.05, 0) is 29.7 Å². The van der Waals surface area contributed by atoms with Crippen molar-refractivity contribution in [3.8, 4) is 0 Å². The van der Waals surface area contributed by atoms with Crippen LogP contribution in [0.3, 0.4) is 0 Å². The van der Waals surface area contributed by atoms with Crippen molar-refractivity contribution in [2.24, 2.45) is 0 Å². The zero-order chi connectivity index (χ0) is 24.4. The Balaban J connectivity index is 3.60. The highest BCUT2D eigenvalue weighted by Crippen LogP contribution is 2.63. The Kier molecular flexibility index (Phi) is 8.10. The predicted octanol–water partition coefficient (Wildman–Crippen LogP) is 9.74. The van der Waals surface area contributed by atoms with E-state index in [1.165, 1.54) is 18.5 Å². The van der Waals surface area contributed by atoms with Gasteiger partial charge in [0.15, 0.2) is 0 Å². The second-order valence-electron chi connectivity index (χ2n) is 16.4. The van der Waals surface area contributed by atoms with Crippen molar-refractivity contribution in [2.75, 3.05) is 0 Å². The maximum atomic E-state index is 2.79. The topological polar surface area (TPSA) is 0 Å². The van der Waals surface area contributed by atoms with Gasteiger partial charge in [-0.3, -0.25) is 0 Å². The summed E-state index contributed by atoms with van der Waals surface area (Å²) in [5, 5.41) is 0. The average molecular weight is 515 g/mol. The third kappa shape index (κ3) is 5.40. The molecule has 0 saturated carbocycles. The van der Waals surface area contributed by atoms with E-state index in [9.17, 15) is 0 Å². The van der Waals surface area contributed by atoms with Crippen molar-refractivity contribution in [1.29, 1.82) is 0 Å². The van der Waals surface area contributed by atoms with Gasteiger partial charge < -0.3 is 0 Å². The molecule has 0 radical (unpaired) electrons. The summed E-state index contributed by atoms with van der Waals surface area (Å²) in [6.45, 7) is 46.1. The molecule has 0 N–H and O–H groups in total. The van der Waals surface area contributed by atoms with Crippen LogP contribution in [0.4, 0.5) is 0 Å². The smallest absolute Gasteiger partial charge is 0.0526 e. The summed E-state index contributed by atoms with van der Waals surface area (Å²) in [5.41, 5.74) is 3.80. The van der Waals surface area contributed by atoms with E-state index >= 15 is 0 Å². The van der Waals surface area contributed by atoms with E-state index in [4.69, 9.17) is 0 Å². The molecule has 6 heteroatoms. The normalized spacial score (nSPS) is 21.4. The van der Waals surface area contributed by atoms with E-state index in [-0.39, 0.29) is 0 Å². The second-order valence-corrected chi connectivity index (χ2v) is 50.8. The lowest BCUT2D eigenvalue weighted by atomic mass is 10.1. The van der Waals surface area contributed by atoms with Crippen molar-refractivity contribution in [1.82, 2.24) is 0 Å². The van der Waals surface area contributed by atoms with Crippen molar-refractivity contribution in [3.63, 3.8) is 0 Å². The first-order valence-corrected chi connectivity index (χ1v) is 33.1. The SMILES string of the molecule is CC1=C(C[Si](C)(C)C([Si](C)(C)C)[Si](C)(C)C)CC([Si](C)(C)C)([Si](C)(C)C)[Si](C)(C)C1. The van der Waals surface area contributed by atoms with Gasteiger partial charge in [0.25, 0.3) is 0 Å². The summed E-state index contributed by atoms with van der Waals surface area (Å²) in [7, 11) is -7.63. The molecule has 1 aliphatic heterocycles. The fourth-order valence-corrected chi connectivity index (χ4v) is 71.2. The summed E-state index contributed by atoms with van der Waals surface area (Å²) in [6, 6.07) is 2.98. The van der Waals surface area contributed by atoms with E-state index in [0.717, 1.165) is 9.07 Å². The Morgan fingerprint density at radius 2 is 1.10 bits per heavy atom. The molecular formula is C24H58Si6. The molecule has 0 saturated heterocycles. The van der Waals surface area contributed by atoms with Gasteiger partial charge in [0.1, 0.15) is 0 Å². The molecule has 0 aromatic rings. The minimum absolute atomic E-state index is 0.722. The minimum atomic E-state index is -1.35. The zero-order valence-corrected chi connectivity index (χ0v) is 30.2. The van der Waals surface area contributed by atoms with Gasteiger partial charge >= 0.3 is 0 Å². The van der Waals surface area contributed by atoms with Crippen molar-refractivity contribution in [3.05, 3.63) is 11.1 Å². The Bertz CT molecular complexity index is 632. The zero-order valence-electron chi connectivity index (χ0n) is 24.2. The van der Waals surface area contributed by atoms with Crippen LogP contribution in [0, 0.1) is 0 Å². The van der Waals surface area contributed by atoms with Crippen LogP contribution in [0.15, 0.2) is 11.1 Å². The van der Waals surface area contributed by atoms with Crippen LogP contribution in [-0.2, 0) is 0 Å². The molecular weight excluding hydrogens is 457 g/mol. The van der Waals surface area contributed by atoms with Gasteiger partial charge in [0, 0.05) is 40.4 Å². The lowest BCUT2D eigenvalue weighted by Gasteiger charge is -2.63. The molecule has 0 atom stereocenters. The Hall–Kier alpha value is 1.04. The summed E-state index contributed by atoms with van der Waals surface area (Å²) >= 11 is 0. The molecule has 0 aromatic carbocycles. The fraction of sp³-hybridized carbons (Fsp3) is 0.917. The van der Waals surface area contributed by atoms with Gasteiger partial charge in [-0.15, -0.1) is 0 Å². The van der Waals surface area contributed by atoms with Crippen molar-refractivity contribution < 1.29 is 0 Å². The highest BCUT2D eigenvalue weighted by molar-refractivity contribution is 7.16. The molecule has 1 heterocycles. The number of allylic oxidation sites excluding steroid dienone is 2. The highest BCUT2D eigenvalue weighted by Gasteiger charge is 2.63. The largest absolute Gasteiger partial charge is 0.0771 e. The van der Waals surface area contributed by atoms with Crippen LogP contribution in [-0.4, -0.2) is 48.4 Å². The van der Waals surface area contributed by atoms with Crippen LogP contribution in [0.1, 0.15) is 13.3 Å². The van der Waals surface area contributed by atoms with E-state index < -0.39 is 48.4 Å². The first-order valence-electron chi connectivity index (χ1n) is 12.5. The molecule has 0 amide bonds. The van der Waals surface area contributed by atoms with Gasteiger partial charge in [-0.1, -0.05) is 121 Å². The molecule has 0 aliphatic carbocycles. The minimum Gasteiger partial charge on any atom is -0.0771 e. The van der Waals surface area contributed by atoms with E-state index in [0.29, 0.717) is 0 Å². The lowest BCUT2D eigenvalue weighted by molar-refractivity contribution is 0.809. The molecule has 30 heavy (non-hydrogen) atoms. The molecule has 0 unspecified atom stereocenters. The molecule has 1 aliphatic rings. The van der Waals surface area contributed by atoms with Gasteiger partial charge in [0.05, 0.1) is 8.07 Å². The Morgan fingerprint density at radius 3 is 1.40 bits per heavy atom. The molecule has 0 nitrogen and oxygen atoms in total. The number of rotatable bonds is 7. The third-order valence-corrected chi connectivity index (χ3v) is 52.6. The average Bonchev–Trinajstić information content (AvgIpc) is 2.33. The van der Waals surface area contributed by atoms with Gasteiger partial charge in [-0.25, -0.2) is 0 Å². The van der Waals surface area contributed by atoms with E-state index in [1.807, 2.05) is 11.1 Å². The molecule has 0 fully saturated rings. The summed E-state index contributed by atoms with van der Waals surface area (Å²) < 4.78 is 0.722. The van der Waals surface area contributed by atoms with Gasteiger partial charge in [-0.2, -0.15) is 0 Å². The number of hydrogen-bond acceptors (Lipinski definition) is 0. The standard InChI is InChI=1S/C24H58Si6/c1-21-19-30(16,17)24(27(8,9)10,28(11,12)13)18-22(21)20-29(14,15)23(25(2,3)4)26(5,6)7/h23H,18-20H2,1-17H3. The van der Waals surface area contributed by atoms with E-state index in [1.54, 1.807) is 0 Å². The van der Waals surface area contributed by atoms with E-state index in [2.05, 4.69) is 112 Å². The summed E-state index contributed by atoms with van der Waals surface area (Å²) in [6.07, 6.45) is 1.49. The van der Waals surface area contributed by atoms with Crippen LogP contribution in [0.25, 0.3) is 0 Å². The molecule has 178 valence electrons. The first-order chi connectivity index (χ1) is 12.8. The first kappa shape index (κ1) is 29.1. The summed E-state index contributed by atoms with van der Waals surface area (Å²) in [4.78, 5) is 1.10. The second kappa shape index (κ2) is 8.36. The number of hydrogen-bond donors (Lipinski definition) is 0. The van der Waals surface area contributed by atoms with Crippen LogP contribution in [0.5, 0.6) is 0 Å². The fourth-order valence-electron chi connectivity index (χ4n) is 9.84. The van der Waals surface area contributed by atoms with Crippen molar-refractivity contribution in [2.45, 2.75) is 139 Å². The molecule has 1 rings (SSSR count). The Morgan fingerprint density at radius 1 is 0.733 bits per heavy atom. The molecule has 0 bridgehead atoms. The van der Waals surface area contributed by atoms with Crippen LogP contribution >= 0.6 is 0 Å². The maximum Gasteiger partial charge on any atom is 0.0526 e. The maximum absolute atomic E-state index is 2.79. The molecule has 0 spiro atoms. The molecule has 0 aromatic heterocycles. The van der Waals surface area contributed by atoms with Crippen LogP contribution in [0.2, 0.25) is 126 Å². The van der Waals surface area contributed by atoms with Gasteiger partial charge in [0.2, 0.25) is 0 Å². The monoisotopic (exact) mass is 514 g/mol. The third-order valence-electron chi connectivity index (χ3n) is 8.69. The van der Waals surface area contributed by atoms with Crippen LogP contribution < -0.4 is 0 Å². The lowest BCUT2D eigenvalue weighted by Crippen LogP contribution is -2.68. The summed E-state index contributed by atoms with van der Waals surface area (Å²) in [5.74, 6) is 0. The Labute approximate surface area is 198 Å². The predicted molar refractivity (Wildman–Crippen MR) is 162 cm³/mol.